The molecule has 0 aliphatic carbocycles. The van der Waals surface area contributed by atoms with E-state index in [4.69, 9.17) is 0 Å². The first-order valence-corrected chi connectivity index (χ1v) is 10.6. The number of carbonyl (C=O) groups excluding carboxylic acids is 1. The van der Waals surface area contributed by atoms with Crippen LogP contribution >= 0.6 is 0 Å². The number of para-hydroxylation sites is 2. The first kappa shape index (κ1) is 20.5. The van der Waals surface area contributed by atoms with E-state index < -0.39 is 0 Å². The third-order valence-electron chi connectivity index (χ3n) is 5.38. The van der Waals surface area contributed by atoms with Crippen molar-refractivity contribution in [3.8, 4) is 11.1 Å². The quantitative estimate of drug-likeness (QED) is 0.176. The van der Waals surface area contributed by atoms with E-state index in [0.29, 0.717) is 15.9 Å². The Morgan fingerprint density at radius 1 is 0.968 bits per heavy atom. The van der Waals surface area contributed by atoms with E-state index >= 15 is 0 Å². The molecule has 0 saturated carbocycles. The maximum absolute atomic E-state index is 12.5. The average molecular weight is 412 g/mol. The minimum Gasteiger partial charge on any atom is -0.691 e. The number of hydrogen-bond donors (Lipinski definition) is 0. The van der Waals surface area contributed by atoms with Crippen LogP contribution in [0, 0.1) is 5.21 Å². The van der Waals surface area contributed by atoms with E-state index in [1.165, 1.54) is 36.5 Å². The summed E-state index contributed by atoms with van der Waals surface area (Å²) in [6, 6.07) is 23.6. The number of rotatable bonds is 7. The third kappa shape index (κ3) is 4.72. The van der Waals surface area contributed by atoms with E-state index in [1.807, 2.05) is 24.3 Å². The minimum atomic E-state index is -0.367. The summed E-state index contributed by atoms with van der Waals surface area (Å²) in [5, 5.41) is 15.6. The van der Waals surface area contributed by atoms with Gasteiger partial charge in [0.15, 0.2) is 0 Å². The molecule has 31 heavy (non-hydrogen) atoms. The van der Waals surface area contributed by atoms with Gasteiger partial charge in [0.05, 0.1) is 0 Å². The smallest absolute Gasteiger partial charge is 0.359 e. The van der Waals surface area contributed by atoms with Crippen molar-refractivity contribution in [3.63, 3.8) is 0 Å². The summed E-state index contributed by atoms with van der Waals surface area (Å²) < 4.78 is 1.12. The van der Waals surface area contributed by atoms with Crippen molar-refractivity contribution in [3.05, 3.63) is 95.2 Å². The number of aryl methyl sites for hydroxylation is 1. The maximum Gasteiger partial charge on any atom is 0.359 e. The van der Waals surface area contributed by atoms with E-state index in [0.717, 1.165) is 22.2 Å². The molecule has 0 unspecified atom stereocenters. The van der Waals surface area contributed by atoms with Crippen molar-refractivity contribution >= 4 is 23.0 Å². The first-order chi connectivity index (χ1) is 15.2. The van der Waals surface area contributed by atoms with E-state index in [-0.39, 0.29) is 5.91 Å². The van der Waals surface area contributed by atoms with Gasteiger partial charge in [-0.2, -0.15) is 0 Å². The SMILES string of the molecule is CCCCCc1ccc(-c2ccc(/C=C/C(=O)n3n[n+]([O-])c4ccccc43)cc2)cc1. The molecular weight excluding hydrogens is 386 g/mol. The van der Waals surface area contributed by atoms with Gasteiger partial charge >= 0.3 is 5.91 Å². The Kier molecular flexibility index (Phi) is 6.22. The van der Waals surface area contributed by atoms with E-state index in [2.05, 4.69) is 36.4 Å². The van der Waals surface area contributed by atoms with Gasteiger partial charge in [-0.05, 0) is 53.3 Å². The van der Waals surface area contributed by atoms with Crippen LogP contribution in [-0.4, -0.2) is 15.8 Å². The van der Waals surface area contributed by atoms with Gasteiger partial charge in [0.2, 0.25) is 11.0 Å². The summed E-state index contributed by atoms with van der Waals surface area (Å²) in [4.78, 5) is 13.0. The lowest BCUT2D eigenvalue weighted by Gasteiger charge is -2.05. The Bertz CT molecular complexity index is 1210. The standard InChI is InChI=1S/C26H25N3O2/c1-2-3-4-7-20-10-15-22(16-11-20)23-17-12-21(13-18-23)14-19-26(30)28-24-8-5-6-9-25(24)29(31)27-28/h5-6,8-19H,2-4,7H2,1H3/b19-14+. The Labute approximate surface area is 181 Å². The fraction of sp³-hybridized carbons (Fsp3) is 0.192. The van der Waals surface area contributed by atoms with Gasteiger partial charge in [-0.1, -0.05) is 85.1 Å². The monoisotopic (exact) mass is 411 g/mol. The number of unbranched alkanes of at least 4 members (excludes halogenated alkanes) is 2. The minimum absolute atomic E-state index is 0.366. The molecule has 1 aromatic heterocycles. The highest BCUT2D eigenvalue weighted by molar-refractivity contribution is 5.97. The van der Waals surface area contributed by atoms with Gasteiger partial charge in [0, 0.05) is 6.08 Å². The molecule has 5 nitrogen and oxygen atoms in total. The second kappa shape index (κ2) is 9.39. The number of nitrogens with zero attached hydrogens (tertiary/aromatic N) is 3. The number of aromatic nitrogens is 3. The van der Waals surface area contributed by atoms with Gasteiger partial charge in [-0.15, -0.1) is 4.85 Å². The topological polar surface area (TPSA) is 61.8 Å². The second-order valence-corrected chi connectivity index (χ2v) is 7.61. The van der Waals surface area contributed by atoms with Gasteiger partial charge in [0.1, 0.15) is 5.21 Å². The van der Waals surface area contributed by atoms with Crippen LogP contribution in [0.15, 0.2) is 78.9 Å². The number of hydrogen-bond acceptors (Lipinski definition) is 3. The lowest BCUT2D eigenvalue weighted by atomic mass is 10.0. The molecule has 0 N–H and O–H groups in total. The summed E-state index contributed by atoms with van der Waals surface area (Å²) in [6.07, 6.45) is 8.03. The number of carbonyl (C=O) groups is 1. The normalized spacial score (nSPS) is 11.4. The molecule has 0 saturated heterocycles. The van der Waals surface area contributed by atoms with Crippen molar-refractivity contribution < 1.29 is 9.64 Å². The highest BCUT2D eigenvalue weighted by atomic mass is 16.5. The zero-order valence-corrected chi connectivity index (χ0v) is 17.6. The second-order valence-electron chi connectivity index (χ2n) is 7.61. The van der Waals surface area contributed by atoms with Crippen LogP contribution in [0.3, 0.4) is 0 Å². The molecular formula is C26H25N3O2. The van der Waals surface area contributed by atoms with Crippen molar-refractivity contribution in [1.29, 1.82) is 0 Å². The predicted molar refractivity (Wildman–Crippen MR) is 123 cm³/mol. The van der Waals surface area contributed by atoms with E-state index in [1.54, 1.807) is 30.3 Å². The predicted octanol–water partition coefficient (Wildman–Crippen LogP) is 5.42. The van der Waals surface area contributed by atoms with Crippen LogP contribution in [0.2, 0.25) is 0 Å². The molecule has 0 fully saturated rings. The van der Waals surface area contributed by atoms with Crippen molar-refractivity contribution in [2.24, 2.45) is 0 Å². The fourth-order valence-corrected chi connectivity index (χ4v) is 3.61. The number of allylic oxidation sites excluding steroid dienone is 1. The molecule has 4 rings (SSSR count). The van der Waals surface area contributed by atoms with Crippen LogP contribution in [0.25, 0.3) is 28.2 Å². The summed E-state index contributed by atoms with van der Waals surface area (Å²) in [5.41, 5.74) is 5.44. The van der Waals surface area contributed by atoms with Crippen molar-refractivity contribution in [2.75, 3.05) is 0 Å². The number of benzene rings is 3. The highest BCUT2D eigenvalue weighted by Gasteiger charge is 2.18. The van der Waals surface area contributed by atoms with Crippen LogP contribution in [0.1, 0.15) is 42.1 Å². The van der Waals surface area contributed by atoms with Gasteiger partial charge < -0.3 is 5.21 Å². The molecule has 0 bridgehead atoms. The third-order valence-corrected chi connectivity index (χ3v) is 5.38. The first-order valence-electron chi connectivity index (χ1n) is 10.6. The Morgan fingerprint density at radius 3 is 2.35 bits per heavy atom. The summed E-state index contributed by atoms with van der Waals surface area (Å²) in [7, 11) is 0. The van der Waals surface area contributed by atoms with E-state index in [9.17, 15) is 10.0 Å². The zero-order chi connectivity index (χ0) is 21.6. The van der Waals surface area contributed by atoms with Crippen molar-refractivity contribution in [1.82, 2.24) is 9.90 Å². The van der Waals surface area contributed by atoms with Crippen LogP contribution in [-0.2, 0) is 6.42 Å². The Morgan fingerprint density at radius 2 is 1.65 bits per heavy atom. The molecule has 5 heteroatoms. The Balaban J connectivity index is 1.44. The maximum atomic E-state index is 12.5. The highest BCUT2D eigenvalue weighted by Crippen LogP contribution is 2.21. The van der Waals surface area contributed by atoms with Gasteiger partial charge in [-0.3, -0.25) is 0 Å². The summed E-state index contributed by atoms with van der Waals surface area (Å²) in [5.74, 6) is -0.367. The summed E-state index contributed by atoms with van der Waals surface area (Å²) in [6.45, 7) is 2.22. The molecule has 0 aliphatic rings. The molecule has 4 aromatic rings. The van der Waals surface area contributed by atoms with Crippen molar-refractivity contribution in [2.45, 2.75) is 32.6 Å². The largest absolute Gasteiger partial charge is 0.691 e. The molecule has 0 atom stereocenters. The molecule has 1 heterocycles. The Hall–Kier alpha value is -3.73. The average Bonchev–Trinajstić information content (AvgIpc) is 3.15. The zero-order valence-electron chi connectivity index (χ0n) is 17.6. The van der Waals surface area contributed by atoms with Crippen LogP contribution in [0.5, 0.6) is 0 Å². The molecule has 0 spiro atoms. The van der Waals surface area contributed by atoms with Gasteiger partial charge in [0.25, 0.3) is 0 Å². The lowest BCUT2D eigenvalue weighted by Crippen LogP contribution is -2.30. The molecule has 0 aliphatic heterocycles. The lowest BCUT2D eigenvalue weighted by molar-refractivity contribution is -0.645. The van der Waals surface area contributed by atoms with Crippen LogP contribution < -0.4 is 4.85 Å². The summed E-state index contributed by atoms with van der Waals surface area (Å²) >= 11 is 0. The fourth-order valence-electron chi connectivity index (χ4n) is 3.61. The number of fused-ring (bicyclic) bond motifs is 1. The van der Waals surface area contributed by atoms with Gasteiger partial charge in [-0.25, -0.2) is 4.79 Å². The molecule has 3 aromatic carbocycles. The molecule has 0 amide bonds. The van der Waals surface area contributed by atoms with Crippen LogP contribution in [0.4, 0.5) is 0 Å². The molecule has 0 radical (unpaired) electrons. The molecule has 156 valence electrons.